The summed E-state index contributed by atoms with van der Waals surface area (Å²) in [7, 11) is -0.691. The number of piperazine rings is 1. The second kappa shape index (κ2) is 7.27. The van der Waals surface area contributed by atoms with Gasteiger partial charge in [0, 0.05) is 31.2 Å². The zero-order valence-electron chi connectivity index (χ0n) is 14.3. The van der Waals surface area contributed by atoms with E-state index in [0.717, 1.165) is 12.8 Å². The zero-order valence-corrected chi connectivity index (χ0v) is 15.1. The molecule has 1 atom stereocenters. The number of rotatable bonds is 5. The van der Waals surface area contributed by atoms with Crippen molar-refractivity contribution in [2.45, 2.75) is 13.0 Å². The van der Waals surface area contributed by atoms with Crippen molar-refractivity contribution in [2.75, 3.05) is 44.8 Å². The van der Waals surface area contributed by atoms with Crippen LogP contribution in [0.15, 0.2) is 12.1 Å². The summed E-state index contributed by atoms with van der Waals surface area (Å²) in [6.45, 7) is 3.98. The fraction of sp³-hybridized carbons (Fsp3) is 0.533. The maximum absolute atomic E-state index is 12.8. The number of anilines is 1. The van der Waals surface area contributed by atoms with Crippen LogP contribution in [0.5, 0.6) is 11.5 Å². The van der Waals surface area contributed by atoms with Crippen molar-refractivity contribution >= 4 is 21.6 Å². The number of sulfonamides is 1. The quantitative estimate of drug-likeness (QED) is 0.797. The van der Waals surface area contributed by atoms with Crippen LogP contribution in [-0.2, 0) is 10.0 Å². The Bertz CT molecular complexity index is 720. The summed E-state index contributed by atoms with van der Waals surface area (Å²) in [5.74, 6) is 0.339. The van der Waals surface area contributed by atoms with E-state index in [9.17, 15) is 13.2 Å². The SMILES string of the molecule is COc1cc(C(=O)N2CCNC[C@H]2C)cc(NS(C)(=O)=O)c1OC. The first kappa shape index (κ1) is 18.3. The highest BCUT2D eigenvalue weighted by Crippen LogP contribution is 2.37. The molecular formula is C15H23N3O5S. The molecule has 0 aliphatic carbocycles. The van der Waals surface area contributed by atoms with Crippen molar-refractivity contribution in [2.24, 2.45) is 0 Å². The number of amides is 1. The molecule has 134 valence electrons. The molecule has 0 unspecified atom stereocenters. The smallest absolute Gasteiger partial charge is 0.254 e. The van der Waals surface area contributed by atoms with Crippen LogP contribution in [0.4, 0.5) is 5.69 Å². The van der Waals surface area contributed by atoms with E-state index >= 15 is 0 Å². The lowest BCUT2D eigenvalue weighted by Gasteiger charge is -2.34. The van der Waals surface area contributed by atoms with Crippen LogP contribution < -0.4 is 19.5 Å². The molecule has 1 aliphatic heterocycles. The summed E-state index contributed by atoms with van der Waals surface area (Å²) in [6.07, 6.45) is 1.03. The lowest BCUT2D eigenvalue weighted by molar-refractivity contribution is 0.0655. The van der Waals surface area contributed by atoms with Gasteiger partial charge in [-0.1, -0.05) is 0 Å². The Morgan fingerprint density at radius 2 is 2.04 bits per heavy atom. The molecule has 1 heterocycles. The van der Waals surface area contributed by atoms with E-state index in [1.165, 1.54) is 20.3 Å². The molecule has 24 heavy (non-hydrogen) atoms. The van der Waals surface area contributed by atoms with Crippen LogP contribution in [0.2, 0.25) is 0 Å². The first-order chi connectivity index (χ1) is 11.3. The molecule has 1 aliphatic rings. The summed E-state index contributed by atoms with van der Waals surface area (Å²) < 4.78 is 36.0. The van der Waals surface area contributed by atoms with Gasteiger partial charge in [0.05, 0.1) is 26.2 Å². The molecule has 2 rings (SSSR count). The average molecular weight is 357 g/mol. The molecule has 8 nitrogen and oxygen atoms in total. The Morgan fingerprint density at radius 3 is 2.58 bits per heavy atom. The predicted molar refractivity (Wildman–Crippen MR) is 91.4 cm³/mol. The van der Waals surface area contributed by atoms with E-state index in [2.05, 4.69) is 10.0 Å². The number of hydrogen-bond donors (Lipinski definition) is 2. The lowest BCUT2D eigenvalue weighted by atomic mass is 10.1. The number of nitrogens with zero attached hydrogens (tertiary/aromatic N) is 1. The van der Waals surface area contributed by atoms with Crippen molar-refractivity contribution in [3.63, 3.8) is 0 Å². The fourth-order valence-corrected chi connectivity index (χ4v) is 3.22. The molecular weight excluding hydrogens is 334 g/mol. The molecule has 0 bridgehead atoms. The van der Waals surface area contributed by atoms with Crippen LogP contribution in [-0.4, -0.2) is 65.4 Å². The molecule has 0 aromatic heterocycles. The number of carbonyl (C=O) groups excluding carboxylic acids is 1. The summed E-state index contributed by atoms with van der Waals surface area (Å²) in [5.41, 5.74) is 0.512. The van der Waals surface area contributed by atoms with E-state index in [1.807, 2.05) is 6.92 Å². The van der Waals surface area contributed by atoms with Gasteiger partial charge in [-0.3, -0.25) is 9.52 Å². The number of hydrogen-bond acceptors (Lipinski definition) is 6. The van der Waals surface area contributed by atoms with Gasteiger partial charge in [-0.2, -0.15) is 0 Å². The van der Waals surface area contributed by atoms with Gasteiger partial charge in [-0.05, 0) is 19.1 Å². The molecule has 2 N–H and O–H groups in total. The summed E-state index contributed by atoms with van der Waals surface area (Å²) in [5, 5.41) is 3.22. The second-order valence-corrected chi connectivity index (χ2v) is 7.43. The van der Waals surface area contributed by atoms with Gasteiger partial charge < -0.3 is 19.7 Å². The maximum Gasteiger partial charge on any atom is 0.254 e. The highest BCUT2D eigenvalue weighted by molar-refractivity contribution is 7.92. The van der Waals surface area contributed by atoms with E-state index in [0.29, 0.717) is 18.7 Å². The Hall–Kier alpha value is -2.00. The van der Waals surface area contributed by atoms with E-state index in [-0.39, 0.29) is 29.1 Å². The Kier molecular flexibility index (Phi) is 5.55. The number of nitrogens with one attached hydrogen (secondary N) is 2. The maximum atomic E-state index is 12.8. The third-order valence-corrected chi connectivity index (χ3v) is 4.37. The zero-order chi connectivity index (χ0) is 17.9. The van der Waals surface area contributed by atoms with Gasteiger partial charge in [0.25, 0.3) is 5.91 Å². The van der Waals surface area contributed by atoms with Crippen LogP contribution in [0.3, 0.4) is 0 Å². The molecule has 1 aromatic rings. The monoisotopic (exact) mass is 357 g/mol. The predicted octanol–water partition coefficient (Wildman–Crippen LogP) is 0.509. The molecule has 1 amide bonds. The van der Waals surface area contributed by atoms with Crippen molar-refractivity contribution in [3.05, 3.63) is 17.7 Å². The van der Waals surface area contributed by atoms with Crippen LogP contribution in [0.1, 0.15) is 17.3 Å². The molecule has 9 heteroatoms. The van der Waals surface area contributed by atoms with Crippen molar-refractivity contribution in [1.82, 2.24) is 10.2 Å². The lowest BCUT2D eigenvalue weighted by Crippen LogP contribution is -2.52. The fourth-order valence-electron chi connectivity index (χ4n) is 2.67. The minimum absolute atomic E-state index is 0.0469. The van der Waals surface area contributed by atoms with Crippen molar-refractivity contribution in [1.29, 1.82) is 0 Å². The van der Waals surface area contributed by atoms with Gasteiger partial charge in [0.2, 0.25) is 10.0 Å². The summed E-state index contributed by atoms with van der Waals surface area (Å²) in [4.78, 5) is 14.6. The normalized spacial score (nSPS) is 18.2. The Morgan fingerprint density at radius 1 is 1.33 bits per heavy atom. The summed E-state index contributed by atoms with van der Waals surface area (Å²) in [6, 6.07) is 3.08. The minimum Gasteiger partial charge on any atom is -0.493 e. The molecule has 0 spiro atoms. The van der Waals surface area contributed by atoms with Gasteiger partial charge in [0.15, 0.2) is 11.5 Å². The number of benzene rings is 1. The Labute approximate surface area is 142 Å². The van der Waals surface area contributed by atoms with Crippen molar-refractivity contribution < 1.29 is 22.7 Å². The van der Waals surface area contributed by atoms with E-state index in [1.54, 1.807) is 11.0 Å². The molecule has 1 fully saturated rings. The second-order valence-electron chi connectivity index (χ2n) is 5.69. The highest BCUT2D eigenvalue weighted by atomic mass is 32.2. The average Bonchev–Trinajstić information content (AvgIpc) is 2.52. The van der Waals surface area contributed by atoms with Gasteiger partial charge >= 0.3 is 0 Å². The largest absolute Gasteiger partial charge is 0.493 e. The number of methoxy groups -OCH3 is 2. The number of ether oxygens (including phenoxy) is 2. The van der Waals surface area contributed by atoms with Crippen molar-refractivity contribution in [3.8, 4) is 11.5 Å². The minimum atomic E-state index is -3.53. The topological polar surface area (TPSA) is 97.0 Å². The molecule has 0 saturated carbocycles. The first-order valence-corrected chi connectivity index (χ1v) is 9.41. The van der Waals surface area contributed by atoms with Crippen LogP contribution >= 0.6 is 0 Å². The summed E-state index contributed by atoms with van der Waals surface area (Å²) >= 11 is 0. The third kappa shape index (κ3) is 4.09. The third-order valence-electron chi connectivity index (χ3n) is 3.78. The highest BCUT2D eigenvalue weighted by Gasteiger charge is 2.26. The molecule has 1 aromatic carbocycles. The first-order valence-electron chi connectivity index (χ1n) is 7.52. The molecule has 0 radical (unpaired) electrons. The van der Waals surface area contributed by atoms with E-state index < -0.39 is 10.0 Å². The molecule has 1 saturated heterocycles. The number of carbonyl (C=O) groups is 1. The van der Waals surface area contributed by atoms with Crippen LogP contribution in [0, 0.1) is 0 Å². The van der Waals surface area contributed by atoms with E-state index in [4.69, 9.17) is 9.47 Å². The van der Waals surface area contributed by atoms with Crippen LogP contribution in [0.25, 0.3) is 0 Å². The van der Waals surface area contributed by atoms with Gasteiger partial charge in [-0.25, -0.2) is 8.42 Å². The van der Waals surface area contributed by atoms with Gasteiger partial charge in [-0.15, -0.1) is 0 Å². The van der Waals surface area contributed by atoms with Gasteiger partial charge in [0.1, 0.15) is 0 Å². The Balaban J connectivity index is 2.46. The standard InChI is InChI=1S/C15H23N3O5S/c1-10-9-16-5-6-18(10)15(19)11-7-12(17-24(4,20)21)14(23-3)13(8-11)22-2/h7-8,10,16-17H,5-6,9H2,1-4H3/t10-/m1/s1.